The van der Waals surface area contributed by atoms with Gasteiger partial charge in [-0.2, -0.15) is 0 Å². The molecule has 114 valence electrons. The molecule has 2 aromatic heterocycles. The van der Waals surface area contributed by atoms with Crippen LogP contribution in [0.3, 0.4) is 0 Å². The summed E-state index contributed by atoms with van der Waals surface area (Å²) in [4.78, 5) is 1.46. The van der Waals surface area contributed by atoms with Gasteiger partial charge in [-0.15, -0.1) is 11.3 Å². The van der Waals surface area contributed by atoms with Gasteiger partial charge in [0.25, 0.3) is 0 Å². The van der Waals surface area contributed by atoms with Crippen LogP contribution in [-0.4, -0.2) is 9.67 Å². The van der Waals surface area contributed by atoms with E-state index in [-0.39, 0.29) is 11.5 Å². The van der Waals surface area contributed by atoms with Crippen LogP contribution in [0, 0.1) is 12.3 Å². The molecule has 0 spiro atoms. The summed E-state index contributed by atoms with van der Waals surface area (Å²) in [5.41, 5.74) is 5.40. The second kappa shape index (κ2) is 5.29. The third kappa shape index (κ3) is 2.69. The van der Waals surface area contributed by atoms with E-state index in [1.165, 1.54) is 21.8 Å². The summed E-state index contributed by atoms with van der Waals surface area (Å²) in [5.74, 6) is 0. The summed E-state index contributed by atoms with van der Waals surface area (Å²) in [6, 6.07) is 4.43. The molecular weight excluding hydrogens is 278 g/mol. The molecule has 0 aliphatic heterocycles. The SMILES string of the molecule is CCc1ccsc1Cn1c(C)cc2c1CC(C)(C)CC2O. The molecule has 0 fully saturated rings. The first-order chi connectivity index (χ1) is 9.91. The molecule has 3 rings (SSSR count). The van der Waals surface area contributed by atoms with E-state index >= 15 is 0 Å². The monoisotopic (exact) mass is 303 g/mol. The maximum atomic E-state index is 10.5. The molecule has 0 aromatic carbocycles. The average molecular weight is 303 g/mol. The van der Waals surface area contributed by atoms with Gasteiger partial charge in [0.15, 0.2) is 0 Å². The maximum absolute atomic E-state index is 10.5. The molecule has 1 aliphatic rings. The number of fused-ring (bicyclic) bond motifs is 1. The number of hydrogen-bond donors (Lipinski definition) is 1. The molecule has 1 unspecified atom stereocenters. The van der Waals surface area contributed by atoms with Gasteiger partial charge in [0, 0.05) is 21.8 Å². The van der Waals surface area contributed by atoms with Gasteiger partial charge >= 0.3 is 0 Å². The minimum absolute atomic E-state index is 0.179. The van der Waals surface area contributed by atoms with Crippen LogP contribution in [0.25, 0.3) is 0 Å². The zero-order valence-electron chi connectivity index (χ0n) is 13.4. The maximum Gasteiger partial charge on any atom is 0.0812 e. The summed E-state index contributed by atoms with van der Waals surface area (Å²) in [5, 5.41) is 12.6. The van der Waals surface area contributed by atoms with E-state index in [4.69, 9.17) is 0 Å². The fraction of sp³-hybridized carbons (Fsp3) is 0.556. The number of thiophene rings is 1. The molecule has 2 aromatic rings. The normalized spacial score (nSPS) is 20.5. The highest BCUT2D eigenvalue weighted by molar-refractivity contribution is 7.10. The molecule has 2 heterocycles. The van der Waals surface area contributed by atoms with Gasteiger partial charge in [0.05, 0.1) is 12.6 Å². The quantitative estimate of drug-likeness (QED) is 0.889. The highest BCUT2D eigenvalue weighted by atomic mass is 32.1. The predicted molar refractivity (Wildman–Crippen MR) is 89.0 cm³/mol. The lowest BCUT2D eigenvalue weighted by Crippen LogP contribution is -2.27. The number of rotatable bonds is 3. The Hall–Kier alpha value is -1.06. The Labute approximate surface area is 131 Å². The number of aliphatic hydroxyl groups is 1. The van der Waals surface area contributed by atoms with Crippen molar-refractivity contribution in [2.75, 3.05) is 0 Å². The number of nitrogens with zero attached hydrogens (tertiary/aromatic N) is 1. The molecule has 3 heteroatoms. The third-order valence-electron chi connectivity index (χ3n) is 4.72. The van der Waals surface area contributed by atoms with E-state index in [1.54, 1.807) is 0 Å². The molecule has 0 saturated carbocycles. The molecule has 0 saturated heterocycles. The van der Waals surface area contributed by atoms with Crippen molar-refractivity contribution in [2.45, 2.75) is 59.6 Å². The van der Waals surface area contributed by atoms with Crippen LogP contribution < -0.4 is 0 Å². The summed E-state index contributed by atoms with van der Waals surface area (Å²) in [6.45, 7) is 9.85. The first-order valence-corrected chi connectivity index (χ1v) is 8.71. The van der Waals surface area contributed by atoms with Crippen LogP contribution in [0.4, 0.5) is 0 Å². The second-order valence-electron chi connectivity index (χ2n) is 7.06. The lowest BCUT2D eigenvalue weighted by molar-refractivity contribution is 0.0981. The minimum atomic E-state index is -0.308. The lowest BCUT2D eigenvalue weighted by Gasteiger charge is -2.34. The summed E-state index contributed by atoms with van der Waals surface area (Å²) >= 11 is 1.85. The van der Waals surface area contributed by atoms with Gasteiger partial charge in [-0.05, 0) is 54.7 Å². The molecule has 0 amide bonds. The first kappa shape index (κ1) is 14.9. The highest BCUT2D eigenvalue weighted by Gasteiger charge is 2.34. The second-order valence-corrected chi connectivity index (χ2v) is 8.06. The molecular formula is C18H25NOS. The minimum Gasteiger partial charge on any atom is -0.388 e. The zero-order chi connectivity index (χ0) is 15.2. The van der Waals surface area contributed by atoms with Gasteiger partial charge in [-0.1, -0.05) is 20.8 Å². The number of aliphatic hydroxyl groups excluding tert-OH is 1. The van der Waals surface area contributed by atoms with Crippen molar-refractivity contribution in [1.82, 2.24) is 4.57 Å². The van der Waals surface area contributed by atoms with E-state index in [1.807, 2.05) is 11.3 Å². The topological polar surface area (TPSA) is 25.2 Å². The Bertz CT molecular complexity index is 650. The van der Waals surface area contributed by atoms with Gasteiger partial charge in [0.2, 0.25) is 0 Å². The van der Waals surface area contributed by atoms with E-state index in [2.05, 4.69) is 49.8 Å². The van der Waals surface area contributed by atoms with Crippen molar-refractivity contribution >= 4 is 11.3 Å². The van der Waals surface area contributed by atoms with Crippen molar-refractivity contribution in [3.63, 3.8) is 0 Å². The molecule has 21 heavy (non-hydrogen) atoms. The third-order valence-corrected chi connectivity index (χ3v) is 5.67. The number of aromatic nitrogens is 1. The summed E-state index contributed by atoms with van der Waals surface area (Å²) in [6.07, 6.45) is 2.70. The van der Waals surface area contributed by atoms with Crippen LogP contribution in [0.1, 0.15) is 60.7 Å². The number of aryl methyl sites for hydroxylation is 2. The van der Waals surface area contributed by atoms with Crippen LogP contribution in [0.15, 0.2) is 17.5 Å². The Morgan fingerprint density at radius 2 is 2.19 bits per heavy atom. The van der Waals surface area contributed by atoms with Crippen molar-refractivity contribution in [2.24, 2.45) is 5.41 Å². The Kier molecular flexibility index (Phi) is 3.74. The van der Waals surface area contributed by atoms with Crippen molar-refractivity contribution in [3.05, 3.63) is 44.9 Å². The van der Waals surface area contributed by atoms with Crippen LogP contribution in [-0.2, 0) is 19.4 Å². The molecule has 0 radical (unpaired) electrons. The Balaban J connectivity index is 2.01. The highest BCUT2D eigenvalue weighted by Crippen LogP contribution is 2.42. The van der Waals surface area contributed by atoms with Crippen LogP contribution in [0.5, 0.6) is 0 Å². The van der Waals surface area contributed by atoms with E-state index < -0.39 is 0 Å². The van der Waals surface area contributed by atoms with Gasteiger partial charge in [-0.25, -0.2) is 0 Å². The van der Waals surface area contributed by atoms with Crippen molar-refractivity contribution in [1.29, 1.82) is 0 Å². The van der Waals surface area contributed by atoms with Crippen LogP contribution in [0.2, 0.25) is 0 Å². The Morgan fingerprint density at radius 1 is 1.43 bits per heavy atom. The summed E-state index contributed by atoms with van der Waals surface area (Å²) < 4.78 is 2.42. The predicted octanol–water partition coefficient (Wildman–Crippen LogP) is 4.47. The standard InChI is InChI=1S/C18H25NOS/c1-5-13-6-7-21-17(13)11-19-12(2)8-14-15(19)9-18(3,4)10-16(14)20/h6-8,16,20H,5,9-11H2,1-4H3. The molecule has 1 atom stereocenters. The van der Waals surface area contributed by atoms with Crippen molar-refractivity contribution in [3.8, 4) is 0 Å². The van der Waals surface area contributed by atoms with Crippen LogP contribution >= 0.6 is 11.3 Å². The van der Waals surface area contributed by atoms with Gasteiger partial charge in [-0.3, -0.25) is 0 Å². The fourth-order valence-corrected chi connectivity index (χ4v) is 4.55. The number of hydrogen-bond acceptors (Lipinski definition) is 2. The largest absolute Gasteiger partial charge is 0.388 e. The molecule has 1 aliphatic carbocycles. The van der Waals surface area contributed by atoms with Gasteiger partial charge < -0.3 is 9.67 Å². The van der Waals surface area contributed by atoms with Gasteiger partial charge in [0.1, 0.15) is 0 Å². The lowest BCUT2D eigenvalue weighted by atomic mass is 9.75. The smallest absolute Gasteiger partial charge is 0.0812 e. The van der Waals surface area contributed by atoms with E-state index in [0.717, 1.165) is 31.4 Å². The Morgan fingerprint density at radius 3 is 2.90 bits per heavy atom. The first-order valence-electron chi connectivity index (χ1n) is 7.83. The summed E-state index contributed by atoms with van der Waals surface area (Å²) in [7, 11) is 0. The molecule has 2 nitrogen and oxygen atoms in total. The van der Waals surface area contributed by atoms with Crippen molar-refractivity contribution < 1.29 is 5.11 Å². The van der Waals surface area contributed by atoms with E-state index in [9.17, 15) is 5.11 Å². The fourth-order valence-electron chi connectivity index (χ4n) is 3.58. The average Bonchev–Trinajstić information content (AvgIpc) is 2.96. The molecule has 0 bridgehead atoms. The molecule has 1 N–H and O–H groups in total. The zero-order valence-corrected chi connectivity index (χ0v) is 14.3. The van der Waals surface area contributed by atoms with E-state index in [0.29, 0.717) is 0 Å².